The third kappa shape index (κ3) is 6.43. The molecule has 0 aliphatic carbocycles. The number of rotatable bonds is 8. The number of nitrogen functional groups attached to an aromatic ring is 1. The first kappa shape index (κ1) is 31.1. The van der Waals surface area contributed by atoms with E-state index in [0.717, 1.165) is 47.7 Å². The Balaban J connectivity index is 1.51. The number of carbonyl (C=O) groups excluding carboxylic acids is 1. The van der Waals surface area contributed by atoms with Gasteiger partial charge in [0.1, 0.15) is 12.4 Å². The molecule has 3 atom stereocenters. The zero-order chi connectivity index (χ0) is 31.4. The second-order valence-electron chi connectivity index (χ2n) is 11.7. The number of aromatic nitrogens is 2. The van der Waals surface area contributed by atoms with Crippen LogP contribution in [0.2, 0.25) is 0 Å². The van der Waals surface area contributed by atoms with Crippen molar-refractivity contribution in [1.29, 1.82) is 10.7 Å². The lowest BCUT2D eigenvalue weighted by molar-refractivity contribution is -0.476. The molecule has 12 heteroatoms. The van der Waals surface area contributed by atoms with Crippen molar-refractivity contribution in [2.45, 2.75) is 57.8 Å². The summed E-state index contributed by atoms with van der Waals surface area (Å²) in [6, 6.07) is 5.88. The van der Waals surface area contributed by atoms with E-state index in [1.807, 2.05) is 25.1 Å². The number of anilines is 3. The summed E-state index contributed by atoms with van der Waals surface area (Å²) >= 11 is 0. The molecule has 44 heavy (non-hydrogen) atoms. The Kier molecular flexibility index (Phi) is 9.54. The average Bonchev–Trinajstić information content (AvgIpc) is 3.31. The lowest BCUT2D eigenvalue weighted by Crippen LogP contribution is -2.50. The Morgan fingerprint density at radius 1 is 1.30 bits per heavy atom. The maximum Gasteiger partial charge on any atom is 0.421 e. The number of fused-ring (bicyclic) bond motifs is 1. The number of benzene rings is 1. The fourth-order valence-corrected chi connectivity index (χ4v) is 6.42. The molecular weight excluding hydrogens is 561 g/mol. The van der Waals surface area contributed by atoms with Gasteiger partial charge in [0.05, 0.1) is 30.5 Å². The highest BCUT2D eigenvalue weighted by Crippen LogP contribution is 2.33. The maximum atomic E-state index is 14.1. The van der Waals surface area contributed by atoms with Gasteiger partial charge >= 0.3 is 11.9 Å². The minimum absolute atomic E-state index is 0.300. The Hall–Kier alpha value is -4.37. The largest absolute Gasteiger partial charge is 0.462 e. The number of likely N-dealkylation sites (tertiary alicyclic amines) is 1. The molecule has 232 valence electrons. The van der Waals surface area contributed by atoms with Gasteiger partial charge in [-0.1, -0.05) is 6.07 Å². The number of nitrogens with one attached hydrogen (secondary N) is 1. The fourth-order valence-electron chi connectivity index (χ4n) is 6.42. The van der Waals surface area contributed by atoms with Gasteiger partial charge in [-0.15, -0.1) is 0 Å². The summed E-state index contributed by atoms with van der Waals surface area (Å²) in [5, 5.41) is 17.2. The van der Waals surface area contributed by atoms with Crippen LogP contribution in [0.1, 0.15) is 42.1 Å². The van der Waals surface area contributed by atoms with Crippen LogP contribution in [-0.2, 0) is 17.6 Å². The van der Waals surface area contributed by atoms with E-state index in [1.165, 1.54) is 23.8 Å². The zero-order valence-corrected chi connectivity index (χ0v) is 25.7. The van der Waals surface area contributed by atoms with Gasteiger partial charge in [0.25, 0.3) is 0 Å². The Bertz CT molecular complexity index is 1520. The van der Waals surface area contributed by atoms with Crippen molar-refractivity contribution in [1.82, 2.24) is 14.9 Å². The van der Waals surface area contributed by atoms with Crippen molar-refractivity contribution in [2.24, 2.45) is 0 Å². The molecule has 3 aliphatic rings. The lowest BCUT2D eigenvalue weighted by atomic mass is 10.0. The second-order valence-corrected chi connectivity index (χ2v) is 11.7. The van der Waals surface area contributed by atoms with Crippen LogP contribution in [0.25, 0.3) is 0 Å². The number of halogens is 1. The topological polar surface area (TPSA) is 138 Å². The average molecular weight is 603 g/mol. The second kappa shape index (κ2) is 13.5. The van der Waals surface area contributed by atoms with Gasteiger partial charge in [-0.2, -0.15) is 19.8 Å². The number of ether oxygens (including phenoxy) is 1. The molecule has 5 rings (SSSR count). The number of hydrogen-bond donors (Lipinski definition) is 2. The first-order valence-corrected chi connectivity index (χ1v) is 15.2. The van der Waals surface area contributed by atoms with Crippen molar-refractivity contribution in [3.8, 4) is 12.1 Å². The zero-order valence-electron chi connectivity index (χ0n) is 25.7. The summed E-state index contributed by atoms with van der Waals surface area (Å²) in [6.45, 7) is 6.78. The van der Waals surface area contributed by atoms with E-state index in [2.05, 4.69) is 21.7 Å². The molecule has 11 nitrogen and oxygen atoms in total. The molecule has 0 saturated carbocycles. The maximum absolute atomic E-state index is 14.1. The number of hydrogen-bond acceptors (Lipinski definition) is 10. The predicted molar refractivity (Wildman–Crippen MR) is 169 cm³/mol. The molecule has 1 fully saturated rings. The van der Waals surface area contributed by atoms with Crippen molar-refractivity contribution in [3.63, 3.8) is 0 Å². The summed E-state index contributed by atoms with van der Waals surface area (Å²) < 4.78 is 21.7. The van der Waals surface area contributed by atoms with Crippen LogP contribution in [0.4, 0.5) is 21.6 Å². The molecule has 1 amide bonds. The monoisotopic (exact) mass is 602 g/mol. The van der Waals surface area contributed by atoms with Crippen LogP contribution in [0, 0.1) is 23.7 Å². The van der Waals surface area contributed by atoms with Crippen molar-refractivity contribution in [3.05, 3.63) is 46.7 Å². The van der Waals surface area contributed by atoms with E-state index in [1.54, 1.807) is 12.3 Å². The summed E-state index contributed by atoms with van der Waals surface area (Å²) in [5.74, 6) is 0.0776. The van der Waals surface area contributed by atoms with E-state index in [9.17, 15) is 14.4 Å². The molecule has 3 aliphatic heterocycles. The molecule has 1 aromatic carbocycles. The molecule has 3 N–H and O–H groups in total. The third-order valence-electron chi connectivity index (χ3n) is 8.84. The highest BCUT2D eigenvalue weighted by atomic mass is 19.1. The Labute approximate surface area is 257 Å². The standard InChI is InChI=1S/C32H41FN9O2/c1-21-8-9-27(36)26(18-35)29(21)40-14-10-25-28(11-15-40)37-32(44-20-24-7-5-13-39(24)3)38-30(25)41-16-17-42(31(43)22(2)33)23(19-41)6-4-12-34/h4,6,8-9,17-18,22-24,35H,5,7,10-11,13-16,19-20,36H2,1-3H3/q+1/b6-4+,35-18?. The van der Waals surface area contributed by atoms with Gasteiger partial charge in [0.15, 0.2) is 12.3 Å². The number of alkyl halides is 1. The fraction of sp³-hybridized carbons (Fsp3) is 0.500. The van der Waals surface area contributed by atoms with Crippen LogP contribution in [-0.4, -0.2) is 102 Å². The van der Waals surface area contributed by atoms with Crippen molar-refractivity contribution >= 4 is 35.5 Å². The highest BCUT2D eigenvalue weighted by molar-refractivity contribution is 5.94. The number of aryl methyl sites for hydroxylation is 1. The molecule has 1 saturated heterocycles. The van der Waals surface area contributed by atoms with E-state index >= 15 is 0 Å². The van der Waals surface area contributed by atoms with E-state index < -0.39 is 18.1 Å². The molecule has 0 radical (unpaired) electrons. The lowest BCUT2D eigenvalue weighted by Gasteiger charge is -2.30. The van der Waals surface area contributed by atoms with Gasteiger partial charge in [0, 0.05) is 54.7 Å². The quantitative estimate of drug-likeness (QED) is 0.202. The number of likely N-dealkylation sites (N-methyl/N-ethyl adjacent to an activating group) is 1. The van der Waals surface area contributed by atoms with Gasteiger partial charge in [-0.3, -0.25) is 0 Å². The van der Waals surface area contributed by atoms with Crippen molar-refractivity contribution in [2.75, 3.05) is 61.9 Å². The molecule has 2 aromatic rings. The summed E-state index contributed by atoms with van der Waals surface area (Å²) in [5.41, 5.74) is 11.4. The van der Waals surface area contributed by atoms with Gasteiger partial charge < -0.3 is 30.6 Å². The van der Waals surface area contributed by atoms with Crippen LogP contribution in [0.5, 0.6) is 6.01 Å². The van der Waals surface area contributed by atoms with Crippen molar-refractivity contribution < 1.29 is 18.5 Å². The molecule has 4 heterocycles. The number of nitrogens with two attached hydrogens (primary N) is 1. The van der Waals surface area contributed by atoms with Gasteiger partial charge in [0.2, 0.25) is 6.17 Å². The Morgan fingerprint density at radius 3 is 2.80 bits per heavy atom. The number of nitrogens with zero attached hydrogens (tertiary/aromatic N) is 7. The van der Waals surface area contributed by atoms with Gasteiger partial charge in [-0.05, 0) is 64.4 Å². The molecular formula is C32H41FN9O2+. The number of nitriles is 1. The van der Waals surface area contributed by atoms with Crippen LogP contribution in [0.3, 0.4) is 0 Å². The molecule has 3 unspecified atom stereocenters. The van der Waals surface area contributed by atoms with E-state index in [0.29, 0.717) is 68.9 Å². The van der Waals surface area contributed by atoms with Gasteiger partial charge in [-0.25, -0.2) is 9.18 Å². The van der Waals surface area contributed by atoms with E-state index in [-0.39, 0.29) is 0 Å². The van der Waals surface area contributed by atoms with E-state index in [4.69, 9.17) is 25.8 Å². The SMILES string of the molecule is Cc1ccc(N)c(C=N)c1N1CCc2nc(OCC3CCCN3C)nc(N3CC=[N+](C(=O)C(C)F)C(/C=C/C#N)C3)c2CC1. The summed E-state index contributed by atoms with van der Waals surface area (Å²) in [7, 11) is 2.10. The smallest absolute Gasteiger partial charge is 0.421 e. The van der Waals surface area contributed by atoms with Crippen LogP contribution >= 0.6 is 0 Å². The minimum atomic E-state index is -1.66. The molecule has 1 aromatic heterocycles. The third-order valence-corrected chi connectivity index (χ3v) is 8.84. The van der Waals surface area contributed by atoms with Crippen LogP contribution < -0.4 is 20.3 Å². The number of carbonyl (C=O) groups is 1. The van der Waals surface area contributed by atoms with Crippen LogP contribution in [0.15, 0.2) is 24.3 Å². The summed E-state index contributed by atoms with van der Waals surface area (Å²) in [6.07, 6.45) is 7.74. The number of allylic oxidation sites excluding steroid dienone is 1. The molecule has 0 bridgehead atoms. The normalized spacial score (nSPS) is 21.4. The minimum Gasteiger partial charge on any atom is -0.462 e. The Morgan fingerprint density at radius 2 is 2.09 bits per heavy atom. The predicted octanol–water partition coefficient (Wildman–Crippen LogP) is 2.68. The first-order valence-electron chi connectivity index (χ1n) is 15.2. The molecule has 0 spiro atoms. The number of amides is 1. The first-order chi connectivity index (χ1) is 21.2. The summed E-state index contributed by atoms with van der Waals surface area (Å²) in [4.78, 5) is 29.1. The highest BCUT2D eigenvalue weighted by Gasteiger charge is 2.37.